The number of likely N-dealkylation sites (N-methyl/N-ethyl adjacent to an activating group) is 1. The summed E-state index contributed by atoms with van der Waals surface area (Å²) >= 11 is 0. The fourth-order valence-electron chi connectivity index (χ4n) is 1.89. The van der Waals surface area contributed by atoms with Crippen molar-refractivity contribution in [1.29, 1.82) is 0 Å². The van der Waals surface area contributed by atoms with Crippen molar-refractivity contribution in [3.63, 3.8) is 0 Å². The van der Waals surface area contributed by atoms with Gasteiger partial charge in [0, 0.05) is 13.1 Å². The van der Waals surface area contributed by atoms with Crippen LogP contribution >= 0.6 is 0 Å². The van der Waals surface area contributed by atoms with Crippen molar-refractivity contribution in [3.8, 4) is 0 Å². The Morgan fingerprint density at radius 1 is 1.28 bits per heavy atom. The molecule has 102 valence electrons. The van der Waals surface area contributed by atoms with Gasteiger partial charge in [0.15, 0.2) is 0 Å². The lowest BCUT2D eigenvalue weighted by Crippen LogP contribution is -2.29. The van der Waals surface area contributed by atoms with E-state index in [9.17, 15) is 5.11 Å². The van der Waals surface area contributed by atoms with Gasteiger partial charge in [0.25, 0.3) is 0 Å². The topological polar surface area (TPSA) is 32.7 Å². The van der Waals surface area contributed by atoms with Crippen LogP contribution in [-0.2, 0) is 4.74 Å². The Kier molecular flexibility index (Phi) is 6.33. The molecule has 3 heteroatoms. The highest BCUT2D eigenvalue weighted by atomic mass is 16.5. The predicted molar refractivity (Wildman–Crippen MR) is 74.7 cm³/mol. The molecule has 0 radical (unpaired) electrons. The number of hydrogen-bond donors (Lipinski definition) is 1. The van der Waals surface area contributed by atoms with Crippen molar-refractivity contribution in [2.45, 2.75) is 33.0 Å². The largest absolute Gasteiger partial charge is 0.387 e. The molecule has 1 rings (SSSR count). The molecule has 0 heterocycles. The zero-order chi connectivity index (χ0) is 13.5. The van der Waals surface area contributed by atoms with Crippen LogP contribution in [0.4, 0.5) is 0 Å². The van der Waals surface area contributed by atoms with Crippen LogP contribution in [0.25, 0.3) is 0 Å². The highest BCUT2D eigenvalue weighted by Gasteiger charge is 2.12. The van der Waals surface area contributed by atoms with E-state index in [1.165, 1.54) is 0 Å². The molecule has 0 aliphatic heterocycles. The summed E-state index contributed by atoms with van der Waals surface area (Å²) in [5.74, 6) is 0. The van der Waals surface area contributed by atoms with Crippen LogP contribution in [0.3, 0.4) is 0 Å². The summed E-state index contributed by atoms with van der Waals surface area (Å²) in [6.45, 7) is 8.26. The SMILES string of the molecule is Cc1ccccc1C(O)CN(C)CCOC(C)C. The molecule has 1 unspecified atom stereocenters. The van der Waals surface area contributed by atoms with Crippen LogP contribution in [0.1, 0.15) is 31.1 Å². The first-order valence-electron chi connectivity index (χ1n) is 6.54. The Bertz CT molecular complexity index is 352. The highest BCUT2D eigenvalue weighted by Crippen LogP contribution is 2.17. The first-order valence-corrected chi connectivity index (χ1v) is 6.54. The van der Waals surface area contributed by atoms with Crippen LogP contribution in [0, 0.1) is 6.92 Å². The van der Waals surface area contributed by atoms with Gasteiger partial charge in [-0.25, -0.2) is 0 Å². The fourth-order valence-corrected chi connectivity index (χ4v) is 1.89. The van der Waals surface area contributed by atoms with E-state index in [0.717, 1.165) is 17.7 Å². The molecule has 0 saturated heterocycles. The standard InChI is InChI=1S/C15H25NO2/c1-12(2)18-10-9-16(4)11-15(17)14-8-6-5-7-13(14)3/h5-8,12,15,17H,9-11H2,1-4H3. The zero-order valence-electron chi connectivity index (χ0n) is 11.9. The van der Waals surface area contributed by atoms with Gasteiger partial charge in [0.1, 0.15) is 0 Å². The van der Waals surface area contributed by atoms with E-state index in [4.69, 9.17) is 4.74 Å². The average molecular weight is 251 g/mol. The Labute approximate surface area is 110 Å². The first kappa shape index (κ1) is 15.2. The number of ether oxygens (including phenoxy) is 1. The number of hydrogen-bond acceptors (Lipinski definition) is 3. The van der Waals surface area contributed by atoms with E-state index in [2.05, 4.69) is 4.90 Å². The van der Waals surface area contributed by atoms with Gasteiger partial charge >= 0.3 is 0 Å². The quantitative estimate of drug-likeness (QED) is 0.807. The van der Waals surface area contributed by atoms with Gasteiger partial charge in [-0.3, -0.25) is 0 Å². The molecule has 0 aliphatic rings. The van der Waals surface area contributed by atoms with Gasteiger partial charge in [-0.05, 0) is 38.9 Å². The molecule has 3 nitrogen and oxygen atoms in total. The number of aliphatic hydroxyl groups excluding tert-OH is 1. The Morgan fingerprint density at radius 2 is 1.94 bits per heavy atom. The molecular weight excluding hydrogens is 226 g/mol. The van der Waals surface area contributed by atoms with Crippen molar-refractivity contribution >= 4 is 0 Å². The highest BCUT2D eigenvalue weighted by molar-refractivity contribution is 5.27. The van der Waals surface area contributed by atoms with Crippen LogP contribution in [0.2, 0.25) is 0 Å². The molecule has 18 heavy (non-hydrogen) atoms. The van der Waals surface area contributed by atoms with Crippen LogP contribution in [0.5, 0.6) is 0 Å². The molecule has 0 bridgehead atoms. The van der Waals surface area contributed by atoms with Crippen LogP contribution in [0.15, 0.2) is 24.3 Å². The minimum Gasteiger partial charge on any atom is -0.387 e. The minimum atomic E-state index is -0.435. The van der Waals surface area contributed by atoms with Gasteiger partial charge in [-0.15, -0.1) is 0 Å². The maximum absolute atomic E-state index is 10.2. The third kappa shape index (κ3) is 5.17. The van der Waals surface area contributed by atoms with E-state index in [-0.39, 0.29) is 6.10 Å². The summed E-state index contributed by atoms with van der Waals surface area (Å²) in [4.78, 5) is 2.10. The van der Waals surface area contributed by atoms with E-state index < -0.39 is 6.10 Å². The van der Waals surface area contributed by atoms with Crippen LogP contribution in [-0.4, -0.2) is 42.9 Å². The third-order valence-corrected chi connectivity index (χ3v) is 2.96. The molecule has 0 aliphatic carbocycles. The summed E-state index contributed by atoms with van der Waals surface area (Å²) in [6.07, 6.45) is -0.171. The maximum Gasteiger partial charge on any atom is 0.0919 e. The summed E-state index contributed by atoms with van der Waals surface area (Å²) in [7, 11) is 2.01. The molecule has 1 atom stereocenters. The van der Waals surface area contributed by atoms with Crippen LogP contribution < -0.4 is 0 Å². The lowest BCUT2D eigenvalue weighted by Gasteiger charge is -2.22. The van der Waals surface area contributed by atoms with E-state index in [0.29, 0.717) is 13.2 Å². The second-order valence-electron chi connectivity index (χ2n) is 5.05. The van der Waals surface area contributed by atoms with Crippen molar-refractivity contribution in [1.82, 2.24) is 4.90 Å². The van der Waals surface area contributed by atoms with Crippen molar-refractivity contribution in [2.24, 2.45) is 0 Å². The molecule has 0 fully saturated rings. The fraction of sp³-hybridized carbons (Fsp3) is 0.600. The maximum atomic E-state index is 10.2. The second kappa shape index (κ2) is 7.52. The summed E-state index contributed by atoms with van der Waals surface area (Å²) in [5, 5.41) is 10.2. The number of aryl methyl sites for hydroxylation is 1. The van der Waals surface area contributed by atoms with Gasteiger partial charge in [-0.1, -0.05) is 24.3 Å². The molecule has 1 aromatic rings. The third-order valence-electron chi connectivity index (χ3n) is 2.96. The zero-order valence-corrected chi connectivity index (χ0v) is 11.9. The van der Waals surface area contributed by atoms with Crippen molar-refractivity contribution < 1.29 is 9.84 Å². The van der Waals surface area contributed by atoms with E-state index >= 15 is 0 Å². The molecule has 0 saturated carbocycles. The lowest BCUT2D eigenvalue weighted by molar-refractivity contribution is 0.0518. The molecule has 1 N–H and O–H groups in total. The Morgan fingerprint density at radius 3 is 2.56 bits per heavy atom. The Balaban J connectivity index is 2.40. The van der Waals surface area contributed by atoms with Gasteiger partial charge < -0.3 is 14.7 Å². The lowest BCUT2D eigenvalue weighted by atomic mass is 10.0. The Hall–Kier alpha value is -0.900. The monoisotopic (exact) mass is 251 g/mol. The molecule has 0 spiro atoms. The molecule has 1 aromatic carbocycles. The molecular formula is C15H25NO2. The van der Waals surface area contributed by atoms with Gasteiger partial charge in [-0.2, -0.15) is 0 Å². The number of aliphatic hydroxyl groups is 1. The van der Waals surface area contributed by atoms with Crippen molar-refractivity contribution in [2.75, 3.05) is 26.7 Å². The summed E-state index contributed by atoms with van der Waals surface area (Å²) in [6, 6.07) is 7.97. The average Bonchev–Trinajstić information content (AvgIpc) is 2.28. The molecule has 0 amide bonds. The minimum absolute atomic E-state index is 0.264. The molecule has 0 aromatic heterocycles. The summed E-state index contributed by atoms with van der Waals surface area (Å²) in [5.41, 5.74) is 2.14. The van der Waals surface area contributed by atoms with Gasteiger partial charge in [0.2, 0.25) is 0 Å². The van der Waals surface area contributed by atoms with Crippen molar-refractivity contribution in [3.05, 3.63) is 35.4 Å². The van der Waals surface area contributed by atoms with Gasteiger partial charge in [0.05, 0.1) is 18.8 Å². The second-order valence-corrected chi connectivity index (χ2v) is 5.05. The first-order chi connectivity index (χ1) is 8.50. The number of nitrogens with zero attached hydrogens (tertiary/aromatic N) is 1. The van der Waals surface area contributed by atoms with E-state index in [1.807, 2.05) is 52.1 Å². The number of benzene rings is 1. The summed E-state index contributed by atoms with van der Waals surface area (Å²) < 4.78 is 5.50. The smallest absolute Gasteiger partial charge is 0.0919 e. The normalized spacial score (nSPS) is 13.3. The van der Waals surface area contributed by atoms with E-state index in [1.54, 1.807) is 0 Å². The number of rotatable bonds is 7. The predicted octanol–water partition coefficient (Wildman–Crippen LogP) is 2.39.